The first kappa shape index (κ1) is 20.9. The van der Waals surface area contributed by atoms with E-state index in [4.69, 9.17) is 17.0 Å². The number of hydrogen-bond acceptors (Lipinski definition) is 3. The van der Waals surface area contributed by atoms with Crippen molar-refractivity contribution < 1.29 is 4.74 Å². The number of nitrogens with one attached hydrogen (secondary N) is 3. The van der Waals surface area contributed by atoms with Crippen LogP contribution in [0.4, 0.5) is 5.69 Å². The predicted octanol–water partition coefficient (Wildman–Crippen LogP) is 4.19. The van der Waals surface area contributed by atoms with E-state index in [9.17, 15) is 4.79 Å². The number of ether oxygens (including phenoxy) is 1. The van der Waals surface area contributed by atoms with Gasteiger partial charge in [0, 0.05) is 23.9 Å². The number of anilines is 1. The first-order chi connectivity index (χ1) is 14.0. The van der Waals surface area contributed by atoms with E-state index in [1.165, 1.54) is 11.1 Å². The molecule has 152 valence electrons. The molecule has 6 heteroatoms. The predicted molar refractivity (Wildman–Crippen MR) is 124 cm³/mol. The molecule has 0 unspecified atom stereocenters. The first-order valence-electron chi connectivity index (χ1n) is 9.91. The topological polar surface area (TPSA) is 66.2 Å². The second-order valence-electron chi connectivity index (χ2n) is 6.87. The Labute approximate surface area is 176 Å². The Kier molecular flexibility index (Phi) is 6.88. The van der Waals surface area contributed by atoms with Crippen molar-refractivity contribution in [1.82, 2.24) is 10.3 Å². The van der Waals surface area contributed by atoms with Gasteiger partial charge >= 0.3 is 0 Å². The highest BCUT2D eigenvalue weighted by molar-refractivity contribution is 7.80. The number of pyridine rings is 1. The molecule has 0 spiro atoms. The van der Waals surface area contributed by atoms with E-state index >= 15 is 0 Å². The van der Waals surface area contributed by atoms with Gasteiger partial charge in [0.25, 0.3) is 5.56 Å². The lowest BCUT2D eigenvalue weighted by Gasteiger charge is -2.17. The van der Waals surface area contributed by atoms with Gasteiger partial charge in [-0.15, -0.1) is 0 Å². The molecule has 0 saturated heterocycles. The number of thiocarbonyl (C=S) groups is 1. The molecule has 1 aromatic heterocycles. The molecule has 2 aromatic carbocycles. The summed E-state index contributed by atoms with van der Waals surface area (Å²) in [6.45, 7) is 4.85. The minimum absolute atomic E-state index is 0.0870. The molecular weight excluding hydrogens is 382 g/mol. The summed E-state index contributed by atoms with van der Waals surface area (Å²) in [6, 6.07) is 13.9. The van der Waals surface area contributed by atoms with E-state index < -0.39 is 0 Å². The maximum absolute atomic E-state index is 12.4. The lowest BCUT2D eigenvalue weighted by molar-refractivity contribution is 0.415. The average molecular weight is 410 g/mol. The lowest BCUT2D eigenvalue weighted by atomic mass is 10.0. The van der Waals surface area contributed by atoms with Crippen molar-refractivity contribution in [3.63, 3.8) is 0 Å². The highest BCUT2D eigenvalue weighted by Crippen LogP contribution is 2.22. The van der Waals surface area contributed by atoms with Crippen LogP contribution < -0.4 is 20.9 Å². The van der Waals surface area contributed by atoms with Gasteiger partial charge in [0.1, 0.15) is 5.75 Å². The third-order valence-electron chi connectivity index (χ3n) is 5.05. The summed E-state index contributed by atoms with van der Waals surface area (Å²) in [6.07, 6.45) is 2.46. The van der Waals surface area contributed by atoms with Crippen molar-refractivity contribution in [3.8, 4) is 5.75 Å². The minimum atomic E-state index is -0.0870. The molecule has 0 aliphatic rings. The van der Waals surface area contributed by atoms with Gasteiger partial charge in [0.05, 0.1) is 12.6 Å². The van der Waals surface area contributed by atoms with E-state index in [1.807, 2.05) is 24.3 Å². The van der Waals surface area contributed by atoms with Crippen LogP contribution in [0.15, 0.2) is 47.3 Å². The van der Waals surface area contributed by atoms with Gasteiger partial charge in [-0.05, 0) is 66.2 Å². The summed E-state index contributed by atoms with van der Waals surface area (Å²) in [5.74, 6) is 0.720. The highest BCUT2D eigenvalue weighted by atomic mass is 32.1. The van der Waals surface area contributed by atoms with Crippen LogP contribution in [0.5, 0.6) is 5.75 Å². The fraction of sp³-hybridized carbons (Fsp3) is 0.304. The number of H-pyrrole nitrogens is 1. The third-order valence-corrected chi connectivity index (χ3v) is 5.29. The summed E-state index contributed by atoms with van der Waals surface area (Å²) in [5.41, 5.74) is 4.99. The standard InChI is InChI=1S/C23H27N3O2S/c1-4-15-7-6-8-16(5-2)21(15)26-23(29)24-12-11-18-13-17-9-10-19(28-3)14-20(17)25-22(18)27/h6-10,13-14H,4-5,11-12H2,1-3H3,(H,25,27)(H2,24,26,29). The van der Waals surface area contributed by atoms with E-state index in [1.54, 1.807) is 7.11 Å². The van der Waals surface area contributed by atoms with Crippen molar-refractivity contribution in [2.45, 2.75) is 33.1 Å². The van der Waals surface area contributed by atoms with Gasteiger partial charge in [0.15, 0.2) is 5.11 Å². The molecule has 3 N–H and O–H groups in total. The van der Waals surface area contributed by atoms with E-state index in [-0.39, 0.29) is 5.56 Å². The van der Waals surface area contributed by atoms with Crippen molar-refractivity contribution in [2.75, 3.05) is 19.0 Å². The Morgan fingerprint density at radius 3 is 2.45 bits per heavy atom. The monoisotopic (exact) mass is 409 g/mol. The van der Waals surface area contributed by atoms with E-state index in [0.29, 0.717) is 18.1 Å². The Hall–Kier alpha value is -2.86. The molecule has 3 rings (SSSR count). The Morgan fingerprint density at radius 1 is 1.07 bits per heavy atom. The van der Waals surface area contributed by atoms with Gasteiger partial charge in [-0.1, -0.05) is 32.0 Å². The fourth-order valence-electron chi connectivity index (χ4n) is 3.41. The molecule has 0 radical (unpaired) electrons. The van der Waals surface area contributed by atoms with Crippen LogP contribution >= 0.6 is 12.2 Å². The highest BCUT2D eigenvalue weighted by Gasteiger charge is 2.09. The summed E-state index contributed by atoms with van der Waals surface area (Å²) < 4.78 is 5.21. The minimum Gasteiger partial charge on any atom is -0.497 e. The van der Waals surface area contributed by atoms with Crippen molar-refractivity contribution in [1.29, 1.82) is 0 Å². The zero-order valence-corrected chi connectivity index (χ0v) is 17.9. The van der Waals surface area contributed by atoms with E-state index in [2.05, 4.69) is 47.7 Å². The third kappa shape index (κ3) is 4.95. The SMILES string of the molecule is CCc1cccc(CC)c1NC(=S)NCCc1cc2ccc(OC)cc2[nH]c1=O. The lowest BCUT2D eigenvalue weighted by Crippen LogP contribution is -2.31. The van der Waals surface area contributed by atoms with Crippen LogP contribution in [0.25, 0.3) is 10.9 Å². The molecule has 0 fully saturated rings. The maximum atomic E-state index is 12.4. The number of para-hydroxylation sites is 1. The van der Waals surface area contributed by atoms with Crippen molar-refractivity contribution in [2.24, 2.45) is 0 Å². The number of methoxy groups -OCH3 is 1. The van der Waals surface area contributed by atoms with Gasteiger partial charge in [0.2, 0.25) is 0 Å². The molecular formula is C23H27N3O2S. The Bertz CT molecular complexity index is 1050. The molecule has 3 aromatic rings. The van der Waals surface area contributed by atoms with Crippen molar-refractivity contribution in [3.05, 3.63) is 69.5 Å². The number of rotatable bonds is 7. The van der Waals surface area contributed by atoms with Crippen LogP contribution in [-0.4, -0.2) is 23.8 Å². The number of benzene rings is 2. The normalized spacial score (nSPS) is 10.7. The van der Waals surface area contributed by atoms with Gasteiger partial charge in [-0.25, -0.2) is 0 Å². The van der Waals surface area contributed by atoms with Crippen LogP contribution in [0.2, 0.25) is 0 Å². The summed E-state index contributed by atoms with van der Waals surface area (Å²) in [5, 5.41) is 8.12. The first-order valence-corrected chi connectivity index (χ1v) is 10.3. The number of aromatic nitrogens is 1. The number of hydrogen-bond donors (Lipinski definition) is 3. The molecule has 0 aliphatic carbocycles. The zero-order valence-electron chi connectivity index (χ0n) is 17.1. The second kappa shape index (κ2) is 9.56. The van der Waals surface area contributed by atoms with Crippen LogP contribution in [-0.2, 0) is 19.3 Å². The van der Waals surface area contributed by atoms with Crippen LogP contribution in [0, 0.1) is 0 Å². The molecule has 0 atom stereocenters. The molecule has 29 heavy (non-hydrogen) atoms. The number of aromatic amines is 1. The fourth-order valence-corrected chi connectivity index (χ4v) is 3.61. The smallest absolute Gasteiger partial charge is 0.251 e. The van der Waals surface area contributed by atoms with Crippen LogP contribution in [0.1, 0.15) is 30.5 Å². The van der Waals surface area contributed by atoms with Crippen molar-refractivity contribution >= 4 is 33.9 Å². The summed E-state index contributed by atoms with van der Waals surface area (Å²) in [7, 11) is 1.61. The zero-order chi connectivity index (χ0) is 20.8. The summed E-state index contributed by atoms with van der Waals surface area (Å²) >= 11 is 5.48. The largest absolute Gasteiger partial charge is 0.497 e. The van der Waals surface area contributed by atoms with E-state index in [0.717, 1.165) is 40.7 Å². The average Bonchev–Trinajstić information content (AvgIpc) is 2.73. The Morgan fingerprint density at radius 2 is 1.79 bits per heavy atom. The second-order valence-corrected chi connectivity index (χ2v) is 7.27. The quantitative estimate of drug-likeness (QED) is 0.511. The maximum Gasteiger partial charge on any atom is 0.251 e. The van der Waals surface area contributed by atoms with Gasteiger partial charge < -0.3 is 20.4 Å². The molecule has 0 saturated carbocycles. The number of fused-ring (bicyclic) bond motifs is 1. The van der Waals surface area contributed by atoms with Gasteiger partial charge in [-0.3, -0.25) is 4.79 Å². The molecule has 0 amide bonds. The Balaban J connectivity index is 1.65. The van der Waals surface area contributed by atoms with Crippen LogP contribution in [0.3, 0.4) is 0 Å². The van der Waals surface area contributed by atoms with Gasteiger partial charge in [-0.2, -0.15) is 0 Å². The summed E-state index contributed by atoms with van der Waals surface area (Å²) in [4.78, 5) is 15.3. The molecule has 0 bridgehead atoms. The molecule has 1 heterocycles. The molecule has 0 aliphatic heterocycles. The molecule has 5 nitrogen and oxygen atoms in total. The number of aryl methyl sites for hydroxylation is 2.